The number of aliphatic imine (C=N–C) groups is 1. The van der Waals surface area contributed by atoms with Gasteiger partial charge >= 0.3 is 5.97 Å². The molecule has 6 N–H and O–H groups in total. The van der Waals surface area contributed by atoms with Crippen LogP contribution < -0.4 is 16.8 Å². The number of guanidine groups is 1. The Morgan fingerprint density at radius 2 is 1.64 bits per heavy atom. The lowest BCUT2D eigenvalue weighted by molar-refractivity contribution is -0.157. The van der Waals surface area contributed by atoms with Crippen LogP contribution in [-0.4, -0.2) is 82.8 Å². The smallest absolute Gasteiger partial charge is 0.326 e. The van der Waals surface area contributed by atoms with Crippen LogP contribution in [0.5, 0.6) is 0 Å². The Morgan fingerprint density at radius 3 is 2.26 bits per heavy atom. The molecule has 2 aromatic carbocycles. The summed E-state index contributed by atoms with van der Waals surface area (Å²) in [5, 5.41) is 12.0. The molecule has 0 saturated carbocycles. The van der Waals surface area contributed by atoms with Crippen LogP contribution in [0.15, 0.2) is 65.7 Å². The van der Waals surface area contributed by atoms with Crippen LogP contribution in [0.25, 0.3) is 0 Å². The molecule has 39 heavy (non-hydrogen) atoms. The van der Waals surface area contributed by atoms with Crippen LogP contribution in [-0.2, 0) is 32.0 Å². The quantitative estimate of drug-likeness (QED) is 0.155. The summed E-state index contributed by atoms with van der Waals surface area (Å²) in [5.74, 6) is -2.55. The highest BCUT2D eigenvalue weighted by atomic mass is 16.4. The summed E-state index contributed by atoms with van der Waals surface area (Å²) < 4.78 is 0. The number of carbonyl (C=O) groups is 4. The number of aliphatic carboxylic acids is 1. The average molecular weight is 537 g/mol. The van der Waals surface area contributed by atoms with Crippen molar-refractivity contribution >= 4 is 29.7 Å². The van der Waals surface area contributed by atoms with E-state index in [1.807, 2.05) is 60.7 Å². The Kier molecular flexibility index (Phi) is 10.8. The predicted octanol–water partition coefficient (Wildman–Crippen LogP) is 0.524. The van der Waals surface area contributed by atoms with Crippen LogP contribution in [0, 0.1) is 0 Å². The van der Waals surface area contributed by atoms with Crippen molar-refractivity contribution in [3.8, 4) is 0 Å². The summed E-state index contributed by atoms with van der Waals surface area (Å²) in [5.41, 5.74) is 12.6. The van der Waals surface area contributed by atoms with Gasteiger partial charge in [0.15, 0.2) is 5.96 Å². The molecule has 1 saturated heterocycles. The lowest BCUT2D eigenvalue weighted by Gasteiger charge is -2.40. The molecule has 0 radical (unpaired) electrons. The second kappa shape index (κ2) is 14.5. The van der Waals surface area contributed by atoms with Crippen molar-refractivity contribution in [1.29, 1.82) is 0 Å². The zero-order valence-electron chi connectivity index (χ0n) is 21.9. The minimum Gasteiger partial charge on any atom is -0.480 e. The summed E-state index contributed by atoms with van der Waals surface area (Å²) in [6.45, 7) is 0.0900. The van der Waals surface area contributed by atoms with Crippen molar-refractivity contribution in [1.82, 2.24) is 15.1 Å². The van der Waals surface area contributed by atoms with E-state index < -0.39 is 30.5 Å². The lowest BCUT2D eigenvalue weighted by atomic mass is 10.00. The number of nitrogens with two attached hydrogens (primary N) is 2. The first-order valence-corrected chi connectivity index (χ1v) is 13.0. The summed E-state index contributed by atoms with van der Waals surface area (Å²) in [4.78, 5) is 57.9. The summed E-state index contributed by atoms with van der Waals surface area (Å²) in [7, 11) is 0. The van der Waals surface area contributed by atoms with E-state index >= 15 is 0 Å². The second-order valence-corrected chi connectivity index (χ2v) is 9.48. The maximum Gasteiger partial charge on any atom is 0.326 e. The molecule has 0 unspecified atom stereocenters. The molecule has 1 heterocycles. The number of hydrogen-bond acceptors (Lipinski definition) is 5. The molecule has 3 amide bonds. The van der Waals surface area contributed by atoms with E-state index in [0.29, 0.717) is 19.4 Å². The van der Waals surface area contributed by atoms with E-state index in [1.165, 1.54) is 4.90 Å². The third kappa shape index (κ3) is 9.13. The highest BCUT2D eigenvalue weighted by Crippen LogP contribution is 2.18. The van der Waals surface area contributed by atoms with E-state index in [-0.39, 0.29) is 43.7 Å². The fourth-order valence-electron chi connectivity index (χ4n) is 4.55. The molecule has 0 bridgehead atoms. The number of piperazine rings is 1. The number of amides is 3. The Morgan fingerprint density at radius 1 is 1.00 bits per heavy atom. The number of nitrogens with zero attached hydrogens (tertiary/aromatic N) is 3. The zero-order chi connectivity index (χ0) is 28.2. The highest BCUT2D eigenvalue weighted by Gasteiger charge is 2.40. The van der Waals surface area contributed by atoms with Gasteiger partial charge in [-0.15, -0.1) is 0 Å². The van der Waals surface area contributed by atoms with Crippen LogP contribution in [0.2, 0.25) is 0 Å². The number of hydrogen-bond donors (Lipinski definition) is 4. The topological polar surface area (TPSA) is 171 Å². The van der Waals surface area contributed by atoms with Gasteiger partial charge in [-0.1, -0.05) is 60.7 Å². The molecule has 3 rings (SSSR count). The molecule has 2 aromatic rings. The van der Waals surface area contributed by atoms with E-state index in [2.05, 4.69) is 10.3 Å². The number of carboxylic acid groups (broad SMARTS) is 1. The molecule has 1 aliphatic heterocycles. The molecule has 11 nitrogen and oxygen atoms in total. The molecular formula is C28H36N6O5. The molecule has 2 atom stereocenters. The normalized spacial score (nSPS) is 16.1. The molecule has 11 heteroatoms. The fourth-order valence-corrected chi connectivity index (χ4v) is 4.55. The lowest BCUT2D eigenvalue weighted by Crippen LogP contribution is -2.62. The molecular weight excluding hydrogens is 500 g/mol. The third-order valence-corrected chi connectivity index (χ3v) is 6.52. The van der Waals surface area contributed by atoms with Gasteiger partial charge < -0.3 is 31.7 Å². The number of benzene rings is 2. The minimum atomic E-state index is -1.21. The maximum atomic E-state index is 13.5. The Hall–Kier alpha value is -4.41. The van der Waals surface area contributed by atoms with E-state index in [0.717, 1.165) is 17.5 Å². The zero-order valence-corrected chi connectivity index (χ0v) is 21.9. The molecule has 0 aromatic heterocycles. The van der Waals surface area contributed by atoms with Crippen molar-refractivity contribution in [3.05, 3.63) is 71.8 Å². The SMILES string of the molecule is NC(N)=NCCC[C@H](NC(=O)CN1C(=O)CN(CCCc2ccccc2)C(=O)[C@H]1Cc1ccccc1)C(=O)O. The Balaban J connectivity index is 1.67. The summed E-state index contributed by atoms with van der Waals surface area (Å²) in [6.07, 6.45) is 2.16. The molecule has 0 aliphatic carbocycles. The van der Waals surface area contributed by atoms with Crippen LogP contribution >= 0.6 is 0 Å². The number of nitrogens with one attached hydrogen (secondary N) is 1. The van der Waals surface area contributed by atoms with Crippen molar-refractivity contribution in [2.24, 2.45) is 16.5 Å². The number of rotatable bonds is 14. The van der Waals surface area contributed by atoms with Gasteiger partial charge in [0.05, 0.1) is 6.54 Å². The maximum absolute atomic E-state index is 13.5. The Labute approximate surface area is 227 Å². The van der Waals surface area contributed by atoms with Crippen molar-refractivity contribution in [2.75, 3.05) is 26.2 Å². The minimum absolute atomic E-state index is 0.0993. The summed E-state index contributed by atoms with van der Waals surface area (Å²) >= 11 is 0. The first-order valence-electron chi connectivity index (χ1n) is 13.0. The van der Waals surface area contributed by atoms with Crippen LogP contribution in [0.4, 0.5) is 0 Å². The average Bonchev–Trinajstić information content (AvgIpc) is 2.91. The standard InChI is InChI=1S/C28H36N6O5/c29-28(30)31-15-7-14-22(27(38)39)32-24(35)18-34-23(17-21-11-5-2-6-12-21)26(37)33(19-25(34)36)16-8-13-20-9-3-1-4-10-20/h1-6,9-12,22-23H,7-8,13-19H2,(H,32,35)(H,38,39)(H4,29,30,31)/t22-,23+/m0/s1. The van der Waals surface area contributed by atoms with E-state index in [1.54, 1.807) is 4.90 Å². The van der Waals surface area contributed by atoms with Gasteiger partial charge in [-0.3, -0.25) is 19.4 Å². The molecule has 208 valence electrons. The van der Waals surface area contributed by atoms with E-state index in [4.69, 9.17) is 11.5 Å². The van der Waals surface area contributed by atoms with Gasteiger partial charge in [0.25, 0.3) is 0 Å². The number of aryl methyl sites for hydroxylation is 1. The number of carboxylic acids is 1. The highest BCUT2D eigenvalue weighted by molar-refractivity contribution is 5.97. The first kappa shape index (κ1) is 29.2. The third-order valence-electron chi connectivity index (χ3n) is 6.52. The largest absolute Gasteiger partial charge is 0.480 e. The van der Waals surface area contributed by atoms with Gasteiger partial charge in [-0.2, -0.15) is 0 Å². The monoisotopic (exact) mass is 536 g/mol. The molecule has 1 fully saturated rings. The van der Waals surface area contributed by atoms with Gasteiger partial charge in [0, 0.05) is 19.5 Å². The molecule has 1 aliphatic rings. The van der Waals surface area contributed by atoms with E-state index in [9.17, 15) is 24.3 Å². The van der Waals surface area contributed by atoms with Gasteiger partial charge in [0.2, 0.25) is 17.7 Å². The summed E-state index contributed by atoms with van der Waals surface area (Å²) in [6, 6.07) is 17.1. The van der Waals surface area contributed by atoms with Gasteiger partial charge in [-0.25, -0.2) is 4.79 Å². The van der Waals surface area contributed by atoms with Gasteiger partial charge in [0.1, 0.15) is 18.6 Å². The first-order chi connectivity index (χ1) is 18.7. The van der Waals surface area contributed by atoms with Crippen LogP contribution in [0.1, 0.15) is 30.4 Å². The van der Waals surface area contributed by atoms with Crippen molar-refractivity contribution < 1.29 is 24.3 Å². The molecule has 0 spiro atoms. The Bertz CT molecular complexity index is 1150. The van der Waals surface area contributed by atoms with Crippen molar-refractivity contribution in [3.63, 3.8) is 0 Å². The predicted molar refractivity (Wildman–Crippen MR) is 146 cm³/mol. The van der Waals surface area contributed by atoms with Crippen LogP contribution in [0.3, 0.4) is 0 Å². The fraction of sp³-hybridized carbons (Fsp3) is 0.393. The van der Waals surface area contributed by atoms with Crippen molar-refractivity contribution in [2.45, 2.75) is 44.2 Å². The second-order valence-electron chi connectivity index (χ2n) is 9.48. The number of carbonyl (C=O) groups excluding carboxylic acids is 3. The van der Waals surface area contributed by atoms with Gasteiger partial charge in [-0.05, 0) is 36.8 Å².